The summed E-state index contributed by atoms with van der Waals surface area (Å²) < 4.78 is 38.7. The number of rotatable bonds is 4. The number of alkyl halides is 3. The van der Waals surface area contributed by atoms with Crippen LogP contribution in [0, 0.1) is 0 Å². The molecule has 2 fully saturated rings. The summed E-state index contributed by atoms with van der Waals surface area (Å²) in [5.41, 5.74) is 2.08. The molecule has 2 N–H and O–H groups in total. The zero-order valence-electron chi connectivity index (χ0n) is 14.5. The molecule has 2 nitrogen and oxygen atoms in total. The van der Waals surface area contributed by atoms with Crippen LogP contribution >= 0.6 is 0 Å². The molecule has 0 aromatic heterocycles. The Morgan fingerprint density at radius 3 is 2.50 bits per heavy atom. The van der Waals surface area contributed by atoms with E-state index in [1.807, 2.05) is 12.1 Å². The fraction of sp³-hybridized carbons (Fsp3) is 0.429. The number of hydrogen-bond acceptors (Lipinski definition) is 2. The third-order valence-corrected chi connectivity index (χ3v) is 5.40. The Hall–Kier alpha value is -1.85. The predicted octanol–water partition coefficient (Wildman–Crippen LogP) is 4.57. The first-order valence-electron chi connectivity index (χ1n) is 9.25. The van der Waals surface area contributed by atoms with Gasteiger partial charge in [-0.05, 0) is 54.6 Å². The second-order valence-corrected chi connectivity index (χ2v) is 7.36. The van der Waals surface area contributed by atoms with E-state index in [-0.39, 0.29) is 0 Å². The minimum atomic E-state index is -4.31. The van der Waals surface area contributed by atoms with E-state index in [2.05, 4.69) is 22.8 Å². The molecule has 1 aliphatic carbocycles. The molecule has 1 aliphatic heterocycles. The largest absolute Gasteiger partial charge is 0.416 e. The van der Waals surface area contributed by atoms with E-state index < -0.39 is 11.7 Å². The summed E-state index contributed by atoms with van der Waals surface area (Å²) in [4.78, 5) is 0. The lowest BCUT2D eigenvalue weighted by Crippen LogP contribution is -2.44. The van der Waals surface area contributed by atoms with E-state index in [1.165, 1.54) is 30.5 Å². The van der Waals surface area contributed by atoms with Gasteiger partial charge in [0.25, 0.3) is 0 Å². The van der Waals surface area contributed by atoms with Gasteiger partial charge in [0.1, 0.15) is 0 Å². The topological polar surface area (TPSA) is 24.1 Å². The van der Waals surface area contributed by atoms with Gasteiger partial charge in [-0.15, -0.1) is 0 Å². The predicted molar refractivity (Wildman–Crippen MR) is 97.1 cm³/mol. The van der Waals surface area contributed by atoms with Crippen LogP contribution in [0.15, 0.2) is 48.5 Å². The molecule has 0 radical (unpaired) electrons. The number of piperidine rings is 1. The van der Waals surface area contributed by atoms with E-state index in [0.29, 0.717) is 23.6 Å². The SMILES string of the molecule is FC(F)(F)c1cccc(-c2ccc([C@@H]3C[C@H]3NC3CCCNC3)cc2)c1. The maximum Gasteiger partial charge on any atom is 0.416 e. The molecule has 1 saturated heterocycles. The lowest BCUT2D eigenvalue weighted by Gasteiger charge is -2.24. The van der Waals surface area contributed by atoms with Crippen molar-refractivity contribution in [2.75, 3.05) is 13.1 Å². The normalized spacial score (nSPS) is 25.9. The van der Waals surface area contributed by atoms with E-state index in [4.69, 9.17) is 0 Å². The van der Waals surface area contributed by atoms with Crippen LogP contribution in [0.1, 0.15) is 36.3 Å². The summed E-state index contributed by atoms with van der Waals surface area (Å²) in [6.45, 7) is 2.15. The van der Waals surface area contributed by atoms with Gasteiger partial charge in [0.2, 0.25) is 0 Å². The van der Waals surface area contributed by atoms with Crippen molar-refractivity contribution in [2.24, 2.45) is 0 Å². The third-order valence-electron chi connectivity index (χ3n) is 5.40. The molecule has 0 bridgehead atoms. The Labute approximate surface area is 151 Å². The Balaban J connectivity index is 1.41. The standard InChI is InChI=1S/C21H23F3N2/c22-21(23,24)17-4-1-3-16(11-17)14-6-8-15(9-7-14)19-12-20(19)26-18-5-2-10-25-13-18/h1,3-4,6-9,11,18-20,25-26H,2,5,10,12-13H2/t18?,19-,20+/m0/s1. The zero-order valence-corrected chi connectivity index (χ0v) is 14.5. The number of nitrogens with one attached hydrogen (secondary N) is 2. The lowest BCUT2D eigenvalue weighted by atomic mass is 10.00. The Morgan fingerprint density at radius 2 is 1.81 bits per heavy atom. The van der Waals surface area contributed by atoms with Crippen LogP contribution in [0.25, 0.3) is 11.1 Å². The van der Waals surface area contributed by atoms with Crippen molar-refractivity contribution in [3.8, 4) is 11.1 Å². The first-order valence-corrected chi connectivity index (χ1v) is 9.25. The van der Waals surface area contributed by atoms with Crippen molar-refractivity contribution in [3.05, 3.63) is 59.7 Å². The molecule has 1 saturated carbocycles. The average molecular weight is 360 g/mol. The minimum absolute atomic E-state index is 0.521. The summed E-state index contributed by atoms with van der Waals surface area (Å²) >= 11 is 0. The maximum atomic E-state index is 12.9. The third kappa shape index (κ3) is 3.94. The van der Waals surface area contributed by atoms with Crippen LogP contribution in [0.2, 0.25) is 0 Å². The van der Waals surface area contributed by atoms with Gasteiger partial charge < -0.3 is 10.6 Å². The van der Waals surface area contributed by atoms with Gasteiger partial charge in [0, 0.05) is 24.5 Å². The van der Waals surface area contributed by atoms with Crippen molar-refractivity contribution >= 4 is 0 Å². The van der Waals surface area contributed by atoms with Crippen molar-refractivity contribution in [2.45, 2.75) is 43.4 Å². The molecule has 1 unspecified atom stereocenters. The van der Waals surface area contributed by atoms with Crippen LogP contribution < -0.4 is 10.6 Å². The van der Waals surface area contributed by atoms with Gasteiger partial charge in [-0.25, -0.2) is 0 Å². The van der Waals surface area contributed by atoms with Crippen LogP contribution in [0.3, 0.4) is 0 Å². The molecule has 26 heavy (non-hydrogen) atoms. The fourth-order valence-corrected chi connectivity index (χ4v) is 3.84. The van der Waals surface area contributed by atoms with Crippen LogP contribution in [-0.4, -0.2) is 25.2 Å². The van der Waals surface area contributed by atoms with Crippen molar-refractivity contribution in [1.82, 2.24) is 10.6 Å². The number of halogens is 3. The van der Waals surface area contributed by atoms with Crippen LogP contribution in [-0.2, 0) is 6.18 Å². The van der Waals surface area contributed by atoms with Gasteiger partial charge in [-0.1, -0.05) is 36.4 Å². The van der Waals surface area contributed by atoms with E-state index >= 15 is 0 Å². The quantitative estimate of drug-likeness (QED) is 0.835. The van der Waals surface area contributed by atoms with Gasteiger partial charge >= 0.3 is 6.18 Å². The summed E-state index contributed by atoms with van der Waals surface area (Å²) in [6.07, 6.45) is -0.721. The highest BCUT2D eigenvalue weighted by Crippen LogP contribution is 2.42. The fourth-order valence-electron chi connectivity index (χ4n) is 3.84. The number of benzene rings is 2. The van der Waals surface area contributed by atoms with Gasteiger partial charge in [0.15, 0.2) is 0 Å². The molecule has 2 aliphatic rings. The molecule has 1 heterocycles. The maximum absolute atomic E-state index is 12.9. The molecule has 4 rings (SSSR count). The monoisotopic (exact) mass is 360 g/mol. The minimum Gasteiger partial charge on any atom is -0.315 e. The average Bonchev–Trinajstić information content (AvgIpc) is 3.41. The highest BCUT2D eigenvalue weighted by atomic mass is 19.4. The first kappa shape index (κ1) is 17.6. The van der Waals surface area contributed by atoms with E-state index in [1.54, 1.807) is 6.07 Å². The summed E-state index contributed by atoms with van der Waals surface area (Å²) in [5, 5.41) is 7.14. The first-order chi connectivity index (χ1) is 12.5. The molecular weight excluding hydrogens is 337 g/mol. The molecule has 2 aromatic rings. The molecule has 138 valence electrons. The summed E-state index contributed by atoms with van der Waals surface area (Å²) in [5.74, 6) is 0.521. The second-order valence-electron chi connectivity index (χ2n) is 7.36. The Kier molecular flexibility index (Phi) is 4.76. The molecule has 2 aromatic carbocycles. The van der Waals surface area contributed by atoms with Crippen LogP contribution in [0.5, 0.6) is 0 Å². The number of hydrogen-bond donors (Lipinski definition) is 2. The van der Waals surface area contributed by atoms with Crippen molar-refractivity contribution < 1.29 is 13.2 Å². The lowest BCUT2D eigenvalue weighted by molar-refractivity contribution is -0.137. The second kappa shape index (κ2) is 7.05. The van der Waals surface area contributed by atoms with Crippen LogP contribution in [0.4, 0.5) is 13.2 Å². The van der Waals surface area contributed by atoms with Gasteiger partial charge in [0.05, 0.1) is 5.56 Å². The van der Waals surface area contributed by atoms with Gasteiger partial charge in [-0.3, -0.25) is 0 Å². The highest BCUT2D eigenvalue weighted by molar-refractivity contribution is 5.65. The Morgan fingerprint density at radius 1 is 1.00 bits per heavy atom. The highest BCUT2D eigenvalue weighted by Gasteiger charge is 2.39. The van der Waals surface area contributed by atoms with Gasteiger partial charge in [-0.2, -0.15) is 13.2 Å². The molecular formula is C21H23F3N2. The molecule has 0 spiro atoms. The summed E-state index contributed by atoms with van der Waals surface area (Å²) in [6, 6.07) is 14.6. The summed E-state index contributed by atoms with van der Waals surface area (Å²) in [7, 11) is 0. The molecule has 0 amide bonds. The molecule has 5 heteroatoms. The zero-order chi connectivity index (χ0) is 18.1. The van der Waals surface area contributed by atoms with E-state index in [9.17, 15) is 13.2 Å². The van der Waals surface area contributed by atoms with Crippen molar-refractivity contribution in [1.29, 1.82) is 0 Å². The van der Waals surface area contributed by atoms with Crippen molar-refractivity contribution in [3.63, 3.8) is 0 Å². The Bertz CT molecular complexity index is 749. The molecule has 3 atom stereocenters. The van der Waals surface area contributed by atoms with E-state index in [0.717, 1.165) is 31.1 Å². The smallest absolute Gasteiger partial charge is 0.315 e.